The normalized spacial score (nSPS) is 17.1. The van der Waals surface area contributed by atoms with Crippen LogP contribution in [0.2, 0.25) is 0 Å². The number of fused-ring (bicyclic) bond motifs is 1. The third kappa shape index (κ3) is 7.35. The molecule has 0 bridgehead atoms. The minimum atomic E-state index is -1.26. The highest BCUT2D eigenvalue weighted by Crippen LogP contribution is 2.26. The first-order valence-corrected chi connectivity index (χ1v) is 11.3. The van der Waals surface area contributed by atoms with Gasteiger partial charge in [-0.3, -0.25) is 4.79 Å². The molecule has 1 saturated heterocycles. The van der Waals surface area contributed by atoms with Crippen LogP contribution in [0.5, 0.6) is 0 Å². The van der Waals surface area contributed by atoms with Crippen LogP contribution in [0.25, 0.3) is 11.0 Å². The fraction of sp³-hybridized carbons (Fsp3) is 0.545. The summed E-state index contributed by atoms with van der Waals surface area (Å²) in [5.74, 6) is -1.72. The lowest BCUT2D eigenvalue weighted by Crippen LogP contribution is -2.25. The van der Waals surface area contributed by atoms with Crippen molar-refractivity contribution in [2.45, 2.75) is 51.5 Å². The number of aliphatic carboxylic acids is 2. The molecule has 3 heterocycles. The highest BCUT2D eigenvalue weighted by Gasteiger charge is 2.22. The van der Waals surface area contributed by atoms with Crippen molar-refractivity contribution in [1.29, 1.82) is 0 Å². The van der Waals surface area contributed by atoms with Gasteiger partial charge in [0.1, 0.15) is 12.1 Å². The average molecular weight is 459 g/mol. The predicted octanol–water partition coefficient (Wildman–Crippen LogP) is 2.15. The monoisotopic (exact) mass is 458 g/mol. The van der Waals surface area contributed by atoms with Crippen LogP contribution in [0.4, 0.5) is 5.82 Å². The molecule has 0 spiro atoms. The van der Waals surface area contributed by atoms with Crippen molar-refractivity contribution in [2.75, 3.05) is 25.0 Å². The predicted molar refractivity (Wildman–Crippen MR) is 121 cm³/mol. The summed E-state index contributed by atoms with van der Waals surface area (Å²) < 4.78 is 1.92. The van der Waals surface area contributed by atoms with Crippen LogP contribution in [-0.4, -0.2) is 72.3 Å². The van der Waals surface area contributed by atoms with Gasteiger partial charge in [0.05, 0.1) is 18.1 Å². The summed E-state index contributed by atoms with van der Waals surface area (Å²) in [5.41, 5.74) is 0.799. The van der Waals surface area contributed by atoms with E-state index in [9.17, 15) is 14.4 Å². The van der Waals surface area contributed by atoms with Crippen LogP contribution in [0.1, 0.15) is 44.9 Å². The zero-order valence-electron chi connectivity index (χ0n) is 18.5. The fourth-order valence-corrected chi connectivity index (χ4v) is 4.12. The zero-order valence-corrected chi connectivity index (χ0v) is 18.5. The molecule has 178 valence electrons. The molecule has 2 aliphatic rings. The Morgan fingerprint density at radius 1 is 0.970 bits per heavy atom. The van der Waals surface area contributed by atoms with Crippen LogP contribution in [0.15, 0.2) is 24.7 Å². The number of carbonyl (C=O) groups excluding carboxylic acids is 1. The third-order valence-corrected chi connectivity index (χ3v) is 5.85. The van der Waals surface area contributed by atoms with E-state index in [1.807, 2.05) is 4.68 Å². The molecule has 0 unspecified atom stereocenters. The molecule has 4 rings (SSSR count). The van der Waals surface area contributed by atoms with Gasteiger partial charge < -0.3 is 20.4 Å². The van der Waals surface area contributed by atoms with E-state index in [1.54, 1.807) is 6.20 Å². The first-order chi connectivity index (χ1) is 15.9. The van der Waals surface area contributed by atoms with E-state index in [4.69, 9.17) is 10.2 Å². The molecule has 2 aromatic rings. The number of rotatable bonds is 7. The number of carbonyl (C=O) groups is 3. The average Bonchev–Trinajstić information content (AvgIpc) is 3.48. The lowest BCUT2D eigenvalue weighted by molar-refractivity contribution is -0.134. The van der Waals surface area contributed by atoms with E-state index in [0.717, 1.165) is 49.8 Å². The van der Waals surface area contributed by atoms with Crippen LogP contribution < -0.4 is 5.32 Å². The SMILES string of the molecule is O=C(Nc1ncnc2c1cnn2CCN1CCCC1)C1CCCCC1.O=C(O)C=CC(=O)O. The Morgan fingerprint density at radius 2 is 1.64 bits per heavy atom. The number of nitrogens with zero attached hydrogens (tertiary/aromatic N) is 5. The fourth-order valence-electron chi connectivity index (χ4n) is 4.12. The van der Waals surface area contributed by atoms with Gasteiger partial charge in [-0.2, -0.15) is 5.10 Å². The summed E-state index contributed by atoms with van der Waals surface area (Å²) >= 11 is 0. The number of anilines is 1. The molecule has 3 N–H and O–H groups in total. The molecule has 11 heteroatoms. The second-order valence-corrected chi connectivity index (χ2v) is 8.21. The van der Waals surface area contributed by atoms with Crippen LogP contribution in [-0.2, 0) is 20.9 Å². The van der Waals surface area contributed by atoms with Crippen molar-refractivity contribution < 1.29 is 24.6 Å². The number of carboxylic acid groups (broad SMARTS) is 2. The summed E-state index contributed by atoms with van der Waals surface area (Å²) in [5, 5.41) is 23.9. The molecule has 0 radical (unpaired) electrons. The molecule has 2 aromatic heterocycles. The quantitative estimate of drug-likeness (QED) is 0.530. The number of aromatic nitrogens is 4. The molecule has 1 saturated carbocycles. The molecule has 2 fully saturated rings. The summed E-state index contributed by atoms with van der Waals surface area (Å²) in [6.45, 7) is 4.16. The van der Waals surface area contributed by atoms with Gasteiger partial charge in [-0.15, -0.1) is 0 Å². The summed E-state index contributed by atoms with van der Waals surface area (Å²) in [6.07, 6.45) is 12.5. The zero-order chi connectivity index (χ0) is 23.6. The third-order valence-electron chi connectivity index (χ3n) is 5.85. The molecule has 1 amide bonds. The minimum absolute atomic E-state index is 0.0875. The molecule has 1 aliphatic carbocycles. The smallest absolute Gasteiger partial charge is 0.328 e. The highest BCUT2D eigenvalue weighted by atomic mass is 16.4. The summed E-state index contributed by atoms with van der Waals surface area (Å²) in [6, 6.07) is 0. The lowest BCUT2D eigenvalue weighted by atomic mass is 9.89. The maximum atomic E-state index is 12.5. The van der Waals surface area contributed by atoms with Gasteiger partial charge in [0.25, 0.3) is 0 Å². The minimum Gasteiger partial charge on any atom is -0.478 e. The highest BCUT2D eigenvalue weighted by molar-refractivity contribution is 5.99. The Balaban J connectivity index is 0.000000331. The second kappa shape index (κ2) is 12.0. The van der Waals surface area contributed by atoms with Crippen LogP contribution >= 0.6 is 0 Å². The van der Waals surface area contributed by atoms with Crippen LogP contribution in [0.3, 0.4) is 0 Å². The van der Waals surface area contributed by atoms with E-state index in [0.29, 0.717) is 18.0 Å². The molecule has 0 aromatic carbocycles. The van der Waals surface area contributed by atoms with Gasteiger partial charge in [-0.25, -0.2) is 24.2 Å². The van der Waals surface area contributed by atoms with Crippen molar-refractivity contribution >= 4 is 34.7 Å². The Kier molecular flexibility index (Phi) is 8.87. The van der Waals surface area contributed by atoms with Gasteiger partial charge in [0.2, 0.25) is 5.91 Å². The van der Waals surface area contributed by atoms with E-state index < -0.39 is 11.9 Å². The number of nitrogens with one attached hydrogen (secondary N) is 1. The van der Waals surface area contributed by atoms with E-state index in [2.05, 4.69) is 25.3 Å². The molecular weight excluding hydrogens is 428 g/mol. The number of amides is 1. The summed E-state index contributed by atoms with van der Waals surface area (Å²) in [4.78, 5) is 42.8. The maximum Gasteiger partial charge on any atom is 0.328 e. The van der Waals surface area contributed by atoms with Gasteiger partial charge >= 0.3 is 11.9 Å². The summed E-state index contributed by atoms with van der Waals surface area (Å²) in [7, 11) is 0. The molecule has 11 nitrogen and oxygen atoms in total. The lowest BCUT2D eigenvalue weighted by Gasteiger charge is -2.20. The molecular formula is C22H30N6O5. The van der Waals surface area contributed by atoms with Crippen molar-refractivity contribution in [1.82, 2.24) is 24.6 Å². The maximum absolute atomic E-state index is 12.5. The van der Waals surface area contributed by atoms with Crippen molar-refractivity contribution in [3.63, 3.8) is 0 Å². The number of hydrogen-bond acceptors (Lipinski definition) is 7. The van der Waals surface area contributed by atoms with Crippen LogP contribution in [0, 0.1) is 5.92 Å². The van der Waals surface area contributed by atoms with Crippen molar-refractivity contribution in [2.24, 2.45) is 5.92 Å². The van der Waals surface area contributed by atoms with Crippen molar-refractivity contribution in [3.8, 4) is 0 Å². The number of carboxylic acids is 2. The van der Waals surface area contributed by atoms with E-state index in [1.165, 1.54) is 38.7 Å². The first kappa shape index (κ1) is 24.3. The standard InChI is InChI=1S/C18H26N6O.C4H4O4/c25-18(14-6-2-1-3-7-14)22-16-15-12-21-24(17(15)20-13-19-16)11-10-23-8-4-5-9-23;5-3(6)1-2-4(7)8/h12-14H,1-11H2,(H,19,20,22,25);1-2H,(H,5,6)(H,7,8). The Bertz CT molecular complexity index is 976. The van der Waals surface area contributed by atoms with Gasteiger partial charge in [0, 0.05) is 24.6 Å². The van der Waals surface area contributed by atoms with E-state index in [-0.39, 0.29) is 11.8 Å². The topological polar surface area (TPSA) is 151 Å². The second-order valence-electron chi connectivity index (χ2n) is 8.21. The molecule has 1 aliphatic heterocycles. The number of hydrogen-bond donors (Lipinski definition) is 3. The number of likely N-dealkylation sites (tertiary alicyclic amines) is 1. The first-order valence-electron chi connectivity index (χ1n) is 11.3. The van der Waals surface area contributed by atoms with Crippen molar-refractivity contribution in [3.05, 3.63) is 24.7 Å². The van der Waals surface area contributed by atoms with Gasteiger partial charge in [-0.05, 0) is 38.8 Å². The Hall–Kier alpha value is -3.34. The molecule has 33 heavy (non-hydrogen) atoms. The molecule has 0 atom stereocenters. The Morgan fingerprint density at radius 3 is 2.27 bits per heavy atom. The van der Waals surface area contributed by atoms with E-state index >= 15 is 0 Å². The van der Waals surface area contributed by atoms with Gasteiger partial charge in [-0.1, -0.05) is 19.3 Å². The van der Waals surface area contributed by atoms with Gasteiger partial charge in [0.15, 0.2) is 5.65 Å². The Labute approximate surface area is 191 Å². The largest absolute Gasteiger partial charge is 0.478 e.